The van der Waals surface area contributed by atoms with Gasteiger partial charge in [0.2, 0.25) is 5.75 Å². The van der Waals surface area contributed by atoms with Gasteiger partial charge in [-0.25, -0.2) is 4.79 Å². The number of esters is 1. The Labute approximate surface area is 158 Å². The number of rotatable bonds is 9. The Balaban J connectivity index is 2.10. The third kappa shape index (κ3) is 4.75. The molecule has 2 rings (SSSR count). The molecule has 0 fully saturated rings. The van der Waals surface area contributed by atoms with Gasteiger partial charge in [-0.15, -0.1) is 0 Å². The van der Waals surface area contributed by atoms with Gasteiger partial charge in [0.1, 0.15) is 11.5 Å². The predicted octanol–water partition coefficient (Wildman–Crippen LogP) is 3.13. The summed E-state index contributed by atoms with van der Waals surface area (Å²) in [5.74, 6) is 2.12. The number of ether oxygens (including phenoxy) is 6. The third-order valence-electron chi connectivity index (χ3n) is 3.99. The summed E-state index contributed by atoms with van der Waals surface area (Å²) in [7, 11) is 7.66. The molecule has 2 aromatic rings. The maximum absolute atomic E-state index is 12.4. The summed E-state index contributed by atoms with van der Waals surface area (Å²) in [6.45, 7) is 0.180. The monoisotopic (exact) mass is 376 g/mol. The number of methoxy groups -OCH3 is 5. The molecule has 0 atom stereocenters. The van der Waals surface area contributed by atoms with E-state index in [-0.39, 0.29) is 6.61 Å². The lowest BCUT2D eigenvalue weighted by atomic mass is 10.1. The van der Waals surface area contributed by atoms with Crippen LogP contribution in [0, 0.1) is 0 Å². The molecule has 0 unspecified atom stereocenters. The van der Waals surface area contributed by atoms with Crippen molar-refractivity contribution in [3.63, 3.8) is 0 Å². The summed E-state index contributed by atoms with van der Waals surface area (Å²) < 4.78 is 31.7. The van der Waals surface area contributed by atoms with E-state index < -0.39 is 5.97 Å². The standard InChI is InChI=1S/C20H24O7/c1-22-15-6-7-16(23-2)13(10-15)8-9-27-20(21)14-11-17(24-3)19(26-5)18(12-14)25-4/h6-7,10-12H,8-9H2,1-5H3. The van der Waals surface area contributed by atoms with Gasteiger partial charge in [-0.3, -0.25) is 0 Å². The fourth-order valence-electron chi connectivity index (χ4n) is 2.61. The summed E-state index contributed by atoms with van der Waals surface area (Å²) in [6.07, 6.45) is 0.483. The molecule has 0 aliphatic rings. The van der Waals surface area contributed by atoms with E-state index in [0.717, 1.165) is 5.56 Å². The first kappa shape index (κ1) is 20.2. The number of hydrogen-bond acceptors (Lipinski definition) is 7. The molecule has 0 saturated heterocycles. The molecule has 7 heteroatoms. The lowest BCUT2D eigenvalue weighted by Crippen LogP contribution is -2.10. The van der Waals surface area contributed by atoms with Crippen LogP contribution in [-0.4, -0.2) is 48.1 Å². The fraction of sp³-hybridized carbons (Fsp3) is 0.350. The first-order chi connectivity index (χ1) is 13.1. The van der Waals surface area contributed by atoms with E-state index in [2.05, 4.69) is 0 Å². The van der Waals surface area contributed by atoms with E-state index >= 15 is 0 Å². The third-order valence-corrected chi connectivity index (χ3v) is 3.99. The number of benzene rings is 2. The van der Waals surface area contributed by atoms with Gasteiger partial charge in [-0.05, 0) is 30.3 Å². The number of hydrogen-bond donors (Lipinski definition) is 0. The van der Waals surface area contributed by atoms with E-state index in [1.165, 1.54) is 21.3 Å². The van der Waals surface area contributed by atoms with Crippen LogP contribution in [-0.2, 0) is 11.2 Å². The second-order valence-electron chi connectivity index (χ2n) is 5.48. The van der Waals surface area contributed by atoms with Gasteiger partial charge in [0, 0.05) is 12.0 Å². The average Bonchev–Trinajstić information content (AvgIpc) is 2.72. The van der Waals surface area contributed by atoms with Crippen molar-refractivity contribution >= 4 is 5.97 Å². The Hall–Kier alpha value is -3.09. The number of carbonyl (C=O) groups excluding carboxylic acids is 1. The van der Waals surface area contributed by atoms with Gasteiger partial charge in [-0.1, -0.05) is 0 Å². The molecular formula is C20H24O7. The first-order valence-electron chi connectivity index (χ1n) is 8.26. The molecule has 0 aliphatic heterocycles. The van der Waals surface area contributed by atoms with E-state index in [0.29, 0.717) is 40.7 Å². The molecule has 7 nitrogen and oxygen atoms in total. The molecular weight excluding hydrogens is 352 g/mol. The lowest BCUT2D eigenvalue weighted by Gasteiger charge is -2.14. The van der Waals surface area contributed by atoms with Crippen LogP contribution in [0.1, 0.15) is 15.9 Å². The largest absolute Gasteiger partial charge is 0.497 e. The van der Waals surface area contributed by atoms with Crippen LogP contribution in [0.15, 0.2) is 30.3 Å². The van der Waals surface area contributed by atoms with Crippen LogP contribution in [0.3, 0.4) is 0 Å². The van der Waals surface area contributed by atoms with Crippen LogP contribution in [0.2, 0.25) is 0 Å². The fourth-order valence-corrected chi connectivity index (χ4v) is 2.61. The molecule has 0 aromatic heterocycles. The molecule has 0 N–H and O–H groups in total. The second-order valence-corrected chi connectivity index (χ2v) is 5.48. The summed E-state index contributed by atoms with van der Waals surface area (Å²) in [4.78, 5) is 12.4. The Bertz CT molecular complexity index is 761. The summed E-state index contributed by atoms with van der Waals surface area (Å²) in [5, 5.41) is 0. The molecule has 146 valence electrons. The van der Waals surface area contributed by atoms with Gasteiger partial charge < -0.3 is 28.4 Å². The Kier molecular flexibility index (Phi) is 7.16. The highest BCUT2D eigenvalue weighted by molar-refractivity contribution is 5.91. The minimum absolute atomic E-state index is 0.180. The van der Waals surface area contributed by atoms with Gasteiger partial charge in [0.15, 0.2) is 11.5 Å². The molecule has 0 aliphatic carbocycles. The van der Waals surface area contributed by atoms with E-state index in [9.17, 15) is 4.79 Å². The van der Waals surface area contributed by atoms with Crippen molar-refractivity contribution in [3.8, 4) is 28.7 Å². The van der Waals surface area contributed by atoms with Gasteiger partial charge in [-0.2, -0.15) is 0 Å². The highest BCUT2D eigenvalue weighted by Gasteiger charge is 2.18. The molecule has 27 heavy (non-hydrogen) atoms. The zero-order valence-corrected chi connectivity index (χ0v) is 16.2. The van der Waals surface area contributed by atoms with Crippen LogP contribution in [0.25, 0.3) is 0 Å². The zero-order chi connectivity index (χ0) is 19.8. The van der Waals surface area contributed by atoms with E-state index in [1.807, 2.05) is 18.2 Å². The van der Waals surface area contributed by atoms with Crippen LogP contribution in [0.5, 0.6) is 28.7 Å². The summed E-state index contributed by atoms with van der Waals surface area (Å²) in [6, 6.07) is 8.58. The Morgan fingerprint density at radius 1 is 0.778 bits per heavy atom. The smallest absolute Gasteiger partial charge is 0.338 e. The Morgan fingerprint density at radius 2 is 1.41 bits per heavy atom. The predicted molar refractivity (Wildman–Crippen MR) is 99.6 cm³/mol. The highest BCUT2D eigenvalue weighted by atomic mass is 16.5. The summed E-state index contributed by atoms with van der Waals surface area (Å²) in [5.41, 5.74) is 1.19. The quantitative estimate of drug-likeness (QED) is 0.623. The topological polar surface area (TPSA) is 72.5 Å². The maximum Gasteiger partial charge on any atom is 0.338 e. The van der Waals surface area contributed by atoms with Gasteiger partial charge in [0.25, 0.3) is 0 Å². The maximum atomic E-state index is 12.4. The molecule has 0 bridgehead atoms. The van der Waals surface area contributed by atoms with Gasteiger partial charge in [0.05, 0.1) is 47.7 Å². The average molecular weight is 376 g/mol. The second kappa shape index (κ2) is 9.56. The van der Waals surface area contributed by atoms with Gasteiger partial charge >= 0.3 is 5.97 Å². The minimum Gasteiger partial charge on any atom is -0.497 e. The Morgan fingerprint density at radius 3 is 1.93 bits per heavy atom. The molecule has 0 radical (unpaired) electrons. The van der Waals surface area contributed by atoms with Crippen LogP contribution >= 0.6 is 0 Å². The van der Waals surface area contributed by atoms with Crippen molar-refractivity contribution in [1.82, 2.24) is 0 Å². The molecule has 0 saturated carbocycles. The van der Waals surface area contributed by atoms with Crippen molar-refractivity contribution in [2.45, 2.75) is 6.42 Å². The van der Waals surface area contributed by atoms with Crippen molar-refractivity contribution in [1.29, 1.82) is 0 Å². The highest BCUT2D eigenvalue weighted by Crippen LogP contribution is 2.38. The van der Waals surface area contributed by atoms with Crippen molar-refractivity contribution in [2.75, 3.05) is 42.2 Å². The van der Waals surface area contributed by atoms with Crippen molar-refractivity contribution < 1.29 is 33.2 Å². The van der Waals surface area contributed by atoms with E-state index in [1.54, 1.807) is 26.4 Å². The van der Waals surface area contributed by atoms with E-state index in [4.69, 9.17) is 28.4 Å². The van der Waals surface area contributed by atoms with Crippen molar-refractivity contribution in [3.05, 3.63) is 41.5 Å². The normalized spacial score (nSPS) is 10.1. The minimum atomic E-state index is -0.490. The number of carbonyl (C=O) groups is 1. The molecule has 0 amide bonds. The lowest BCUT2D eigenvalue weighted by molar-refractivity contribution is 0.0507. The molecule has 0 spiro atoms. The molecule has 2 aromatic carbocycles. The van der Waals surface area contributed by atoms with Crippen LogP contribution < -0.4 is 23.7 Å². The van der Waals surface area contributed by atoms with Crippen molar-refractivity contribution in [2.24, 2.45) is 0 Å². The zero-order valence-electron chi connectivity index (χ0n) is 16.2. The summed E-state index contributed by atoms with van der Waals surface area (Å²) >= 11 is 0. The first-order valence-corrected chi connectivity index (χ1v) is 8.26. The SMILES string of the molecule is COc1ccc(OC)c(CCOC(=O)c2cc(OC)c(OC)c(OC)c2)c1. The molecule has 0 heterocycles. The van der Waals surface area contributed by atoms with Crippen LogP contribution in [0.4, 0.5) is 0 Å².